The molecule has 0 radical (unpaired) electrons. The van der Waals surface area contributed by atoms with Crippen molar-refractivity contribution in [2.75, 3.05) is 0 Å². The highest BCUT2D eigenvalue weighted by Crippen LogP contribution is 2.20. The van der Waals surface area contributed by atoms with Gasteiger partial charge in [-0.3, -0.25) is 0 Å². The lowest BCUT2D eigenvalue weighted by atomic mass is 9.98. The van der Waals surface area contributed by atoms with Crippen molar-refractivity contribution >= 4 is 8.32 Å². The largest absolute Gasteiger partial charge is 0.414 e. The van der Waals surface area contributed by atoms with Crippen LogP contribution in [0.25, 0.3) is 0 Å². The van der Waals surface area contributed by atoms with E-state index in [1.54, 1.807) is 0 Å². The minimum absolute atomic E-state index is 0.482. The Bertz CT molecular complexity index is 158. The van der Waals surface area contributed by atoms with Crippen LogP contribution >= 0.6 is 0 Å². The van der Waals surface area contributed by atoms with Crippen LogP contribution in [0.1, 0.15) is 47.0 Å². The summed E-state index contributed by atoms with van der Waals surface area (Å²) in [6, 6.07) is 0. The number of rotatable bonds is 7. The Balaban J connectivity index is 3.95. The van der Waals surface area contributed by atoms with Crippen molar-refractivity contribution in [1.29, 1.82) is 0 Å². The van der Waals surface area contributed by atoms with Crippen LogP contribution in [0, 0.1) is 11.8 Å². The normalized spacial score (nSPS) is 15.0. The second kappa shape index (κ2) is 6.69. The van der Waals surface area contributed by atoms with Gasteiger partial charge >= 0.3 is 0 Å². The lowest BCUT2D eigenvalue weighted by Crippen LogP contribution is -2.34. The molecule has 0 aliphatic rings. The van der Waals surface area contributed by atoms with E-state index in [0.717, 1.165) is 5.92 Å². The van der Waals surface area contributed by atoms with E-state index >= 15 is 0 Å². The quantitative estimate of drug-likeness (QED) is 0.577. The van der Waals surface area contributed by atoms with Gasteiger partial charge in [0.15, 0.2) is 8.32 Å². The number of hydrogen-bond donors (Lipinski definition) is 0. The lowest BCUT2D eigenvalue weighted by molar-refractivity contribution is 0.130. The highest BCUT2D eigenvalue weighted by Gasteiger charge is 2.22. The van der Waals surface area contributed by atoms with E-state index in [9.17, 15) is 0 Å². The molecule has 15 heavy (non-hydrogen) atoms. The average Bonchev–Trinajstić information content (AvgIpc) is 1.99. The molecule has 0 aromatic rings. The molecule has 0 rings (SSSR count). The van der Waals surface area contributed by atoms with Crippen LogP contribution in [0.3, 0.4) is 0 Å². The molecule has 0 N–H and O–H groups in total. The molecule has 1 atom stereocenters. The van der Waals surface area contributed by atoms with Crippen LogP contribution < -0.4 is 0 Å². The first-order chi connectivity index (χ1) is 6.72. The van der Waals surface area contributed by atoms with Crippen LogP contribution in [0.4, 0.5) is 0 Å². The molecule has 0 aromatic heterocycles. The van der Waals surface area contributed by atoms with Crippen molar-refractivity contribution in [3.63, 3.8) is 0 Å². The number of hydrogen-bond acceptors (Lipinski definition) is 1. The molecule has 0 heterocycles. The predicted molar refractivity (Wildman–Crippen MR) is 71.7 cm³/mol. The van der Waals surface area contributed by atoms with Crippen LogP contribution in [0.2, 0.25) is 19.6 Å². The molecule has 1 nitrogen and oxygen atoms in total. The molecule has 0 saturated carbocycles. The fraction of sp³-hybridized carbons (Fsp3) is 1.00. The molecule has 2 heteroatoms. The molecule has 92 valence electrons. The third-order valence-electron chi connectivity index (χ3n) is 2.52. The Morgan fingerprint density at radius 2 is 1.47 bits per heavy atom. The zero-order chi connectivity index (χ0) is 12.1. The van der Waals surface area contributed by atoms with Crippen LogP contribution in [-0.2, 0) is 4.43 Å². The maximum atomic E-state index is 6.22. The van der Waals surface area contributed by atoms with E-state index in [0.29, 0.717) is 12.0 Å². The molecule has 1 unspecified atom stereocenters. The van der Waals surface area contributed by atoms with E-state index in [2.05, 4.69) is 47.3 Å². The molecule has 0 fully saturated rings. The van der Waals surface area contributed by atoms with Crippen molar-refractivity contribution in [1.82, 2.24) is 0 Å². The Morgan fingerprint density at radius 3 is 1.80 bits per heavy atom. The van der Waals surface area contributed by atoms with Gasteiger partial charge < -0.3 is 4.43 Å². The monoisotopic (exact) mass is 230 g/mol. The molecule has 0 saturated heterocycles. The van der Waals surface area contributed by atoms with Crippen molar-refractivity contribution in [3.8, 4) is 0 Å². The van der Waals surface area contributed by atoms with Crippen molar-refractivity contribution < 1.29 is 4.43 Å². The molecule has 0 amide bonds. The first kappa shape index (κ1) is 15.2. The molecule has 0 bridgehead atoms. The summed E-state index contributed by atoms with van der Waals surface area (Å²) in [6.45, 7) is 16.0. The summed E-state index contributed by atoms with van der Waals surface area (Å²) in [6.07, 6.45) is 4.36. The van der Waals surface area contributed by atoms with Crippen molar-refractivity contribution in [2.24, 2.45) is 11.8 Å². The second-order valence-electron chi connectivity index (χ2n) is 6.34. The Morgan fingerprint density at radius 1 is 0.933 bits per heavy atom. The Labute approximate surface area is 97.7 Å². The van der Waals surface area contributed by atoms with Crippen LogP contribution in [0.5, 0.6) is 0 Å². The van der Waals surface area contributed by atoms with Gasteiger partial charge in [-0.05, 0) is 37.9 Å². The molecular weight excluding hydrogens is 200 g/mol. The predicted octanol–water partition coefficient (Wildman–Crippen LogP) is 4.69. The summed E-state index contributed by atoms with van der Waals surface area (Å²) in [5.74, 6) is 1.48. The van der Waals surface area contributed by atoms with E-state index in [1.807, 2.05) is 0 Å². The van der Waals surface area contributed by atoms with E-state index in [-0.39, 0.29) is 0 Å². The summed E-state index contributed by atoms with van der Waals surface area (Å²) in [5.41, 5.74) is 0. The highest BCUT2D eigenvalue weighted by molar-refractivity contribution is 6.69. The minimum Gasteiger partial charge on any atom is -0.414 e. The minimum atomic E-state index is -1.36. The van der Waals surface area contributed by atoms with Crippen molar-refractivity contribution in [3.05, 3.63) is 0 Å². The van der Waals surface area contributed by atoms with Gasteiger partial charge in [0.1, 0.15) is 0 Å². The van der Waals surface area contributed by atoms with Gasteiger partial charge in [-0.2, -0.15) is 0 Å². The van der Waals surface area contributed by atoms with Gasteiger partial charge in [-0.1, -0.05) is 40.5 Å². The molecule has 0 aliphatic heterocycles. The summed E-state index contributed by atoms with van der Waals surface area (Å²) >= 11 is 0. The van der Waals surface area contributed by atoms with Gasteiger partial charge in [0.25, 0.3) is 0 Å². The first-order valence-electron chi connectivity index (χ1n) is 6.40. The standard InChI is InChI=1S/C13H30OSi/c1-11(2)9-8-10-13(12(3)4)14-15(5,6)7/h11-13H,8-10H2,1-7H3. The zero-order valence-corrected chi connectivity index (χ0v) is 12.8. The van der Waals surface area contributed by atoms with E-state index in [1.165, 1.54) is 19.3 Å². The van der Waals surface area contributed by atoms with Gasteiger partial charge in [0.05, 0.1) is 0 Å². The second-order valence-corrected chi connectivity index (χ2v) is 10.8. The maximum absolute atomic E-state index is 6.22. The van der Waals surface area contributed by atoms with Gasteiger partial charge in [0.2, 0.25) is 0 Å². The Hall–Kier alpha value is 0.177. The fourth-order valence-electron chi connectivity index (χ4n) is 1.71. The highest BCUT2D eigenvalue weighted by atomic mass is 28.4. The van der Waals surface area contributed by atoms with Crippen LogP contribution in [0.15, 0.2) is 0 Å². The van der Waals surface area contributed by atoms with Gasteiger partial charge in [-0.25, -0.2) is 0 Å². The average molecular weight is 230 g/mol. The van der Waals surface area contributed by atoms with Gasteiger partial charge in [-0.15, -0.1) is 0 Å². The summed E-state index contributed by atoms with van der Waals surface area (Å²) in [4.78, 5) is 0. The topological polar surface area (TPSA) is 9.23 Å². The summed E-state index contributed by atoms with van der Waals surface area (Å²) in [7, 11) is -1.36. The van der Waals surface area contributed by atoms with E-state index in [4.69, 9.17) is 4.43 Å². The Kier molecular flexibility index (Phi) is 6.77. The van der Waals surface area contributed by atoms with Crippen LogP contribution in [-0.4, -0.2) is 14.4 Å². The third kappa shape index (κ3) is 9.13. The molecule has 0 aliphatic carbocycles. The van der Waals surface area contributed by atoms with E-state index < -0.39 is 8.32 Å². The summed E-state index contributed by atoms with van der Waals surface area (Å²) in [5, 5.41) is 0. The SMILES string of the molecule is CC(C)CCCC(O[Si](C)(C)C)C(C)C. The molecule has 0 spiro atoms. The third-order valence-corrected chi connectivity index (χ3v) is 3.53. The lowest BCUT2D eigenvalue weighted by Gasteiger charge is -2.29. The first-order valence-corrected chi connectivity index (χ1v) is 9.81. The van der Waals surface area contributed by atoms with Gasteiger partial charge in [0, 0.05) is 6.10 Å². The summed E-state index contributed by atoms with van der Waals surface area (Å²) < 4.78 is 6.22. The molecular formula is C13H30OSi. The van der Waals surface area contributed by atoms with Crippen molar-refractivity contribution in [2.45, 2.75) is 72.7 Å². The smallest absolute Gasteiger partial charge is 0.184 e. The fourth-order valence-corrected chi connectivity index (χ4v) is 3.01. The zero-order valence-electron chi connectivity index (χ0n) is 11.8. The molecule has 0 aromatic carbocycles. The maximum Gasteiger partial charge on any atom is 0.184 e.